The van der Waals surface area contributed by atoms with Gasteiger partial charge in [0.1, 0.15) is 5.92 Å². The molecule has 0 saturated heterocycles. The third kappa shape index (κ3) is 4.84. The third-order valence-corrected chi connectivity index (χ3v) is 4.38. The van der Waals surface area contributed by atoms with Crippen LogP contribution < -0.4 is 5.32 Å². The Labute approximate surface area is 130 Å². The van der Waals surface area contributed by atoms with Crippen LogP contribution >= 0.6 is 11.3 Å². The van der Waals surface area contributed by atoms with E-state index >= 15 is 0 Å². The van der Waals surface area contributed by atoms with E-state index in [1.54, 1.807) is 18.3 Å². The Morgan fingerprint density at radius 2 is 1.95 bits per heavy atom. The average Bonchev–Trinajstić information content (AvgIpc) is 2.74. The molecule has 0 spiro atoms. The van der Waals surface area contributed by atoms with Crippen LogP contribution in [0, 0.1) is 18.3 Å². The number of esters is 1. The molecule has 1 N–H and O–H groups in total. The maximum absolute atomic E-state index is 12.5. The zero-order valence-electron chi connectivity index (χ0n) is 13.6. The summed E-state index contributed by atoms with van der Waals surface area (Å²) < 4.78 is 5.05. The first-order valence-electron chi connectivity index (χ1n) is 7.20. The first-order valence-corrected chi connectivity index (χ1v) is 8.01. The van der Waals surface area contributed by atoms with Gasteiger partial charge in [-0.05, 0) is 38.3 Å². The highest BCUT2D eigenvalue weighted by Gasteiger charge is 2.39. The van der Waals surface area contributed by atoms with E-state index in [0.29, 0.717) is 0 Å². The normalized spacial score (nSPS) is 14.4. The van der Waals surface area contributed by atoms with Gasteiger partial charge in [0.25, 0.3) is 0 Å². The minimum absolute atomic E-state index is 0.115. The van der Waals surface area contributed by atoms with E-state index < -0.39 is 17.3 Å². The van der Waals surface area contributed by atoms with Crippen LogP contribution in [0.15, 0.2) is 12.1 Å². The van der Waals surface area contributed by atoms with Gasteiger partial charge >= 0.3 is 5.97 Å². The number of thiophene rings is 1. The molecule has 0 fully saturated rings. The van der Waals surface area contributed by atoms with Gasteiger partial charge in [0, 0.05) is 9.75 Å². The van der Waals surface area contributed by atoms with Gasteiger partial charge in [0.15, 0.2) is 0 Å². The van der Waals surface area contributed by atoms with E-state index in [1.807, 2.05) is 46.8 Å². The van der Waals surface area contributed by atoms with Crippen molar-refractivity contribution in [3.8, 4) is 0 Å². The molecule has 1 heterocycles. The summed E-state index contributed by atoms with van der Waals surface area (Å²) in [6.45, 7) is 11.6. The number of ether oxygens (including phenoxy) is 1. The predicted molar refractivity (Wildman–Crippen MR) is 85.2 cm³/mol. The first-order chi connectivity index (χ1) is 9.66. The number of rotatable bonds is 5. The molecular formula is C16H25NO3S. The van der Waals surface area contributed by atoms with Crippen LogP contribution in [-0.4, -0.2) is 18.5 Å². The van der Waals surface area contributed by atoms with Crippen molar-refractivity contribution in [2.24, 2.45) is 11.3 Å². The van der Waals surface area contributed by atoms with E-state index in [0.717, 1.165) is 4.88 Å². The molecule has 2 unspecified atom stereocenters. The predicted octanol–water partition coefficient (Wildman–Crippen LogP) is 3.46. The van der Waals surface area contributed by atoms with Crippen molar-refractivity contribution >= 4 is 23.2 Å². The van der Waals surface area contributed by atoms with Crippen molar-refractivity contribution in [2.75, 3.05) is 6.61 Å². The lowest BCUT2D eigenvalue weighted by Gasteiger charge is -2.28. The van der Waals surface area contributed by atoms with Gasteiger partial charge < -0.3 is 10.1 Å². The summed E-state index contributed by atoms with van der Waals surface area (Å²) in [5, 5.41) is 2.93. The van der Waals surface area contributed by atoms with Crippen LogP contribution in [0.1, 0.15) is 50.4 Å². The third-order valence-electron chi connectivity index (χ3n) is 3.20. The van der Waals surface area contributed by atoms with Crippen molar-refractivity contribution in [1.29, 1.82) is 0 Å². The molecule has 0 aromatic carbocycles. The Hall–Kier alpha value is -1.36. The zero-order valence-corrected chi connectivity index (χ0v) is 14.5. The number of aryl methyl sites for hydroxylation is 1. The van der Waals surface area contributed by atoms with Gasteiger partial charge in [0.2, 0.25) is 5.91 Å². The fourth-order valence-electron chi connectivity index (χ4n) is 2.13. The van der Waals surface area contributed by atoms with Crippen LogP contribution in [0.3, 0.4) is 0 Å². The van der Waals surface area contributed by atoms with Crippen molar-refractivity contribution in [3.63, 3.8) is 0 Å². The van der Waals surface area contributed by atoms with Gasteiger partial charge in [-0.15, -0.1) is 11.3 Å². The fourth-order valence-corrected chi connectivity index (χ4v) is 3.01. The summed E-state index contributed by atoms with van der Waals surface area (Å²) in [5.41, 5.74) is -0.485. The monoisotopic (exact) mass is 311 g/mol. The van der Waals surface area contributed by atoms with Crippen molar-refractivity contribution < 1.29 is 14.3 Å². The standard InChI is InChI=1S/C16H25NO3S/c1-7-20-15(19)13(16(4,5)6)14(18)17-11(3)12-9-8-10(2)21-12/h8-9,11,13H,7H2,1-6H3,(H,17,18). The second kappa shape index (κ2) is 7.07. The molecule has 4 nitrogen and oxygen atoms in total. The number of amides is 1. The Bertz CT molecular complexity index is 502. The van der Waals surface area contributed by atoms with Crippen LogP contribution in [0.5, 0.6) is 0 Å². The highest BCUT2D eigenvalue weighted by Crippen LogP contribution is 2.29. The molecule has 1 aromatic rings. The number of carbonyl (C=O) groups excluding carboxylic acids is 2. The zero-order chi connectivity index (χ0) is 16.2. The molecule has 0 radical (unpaired) electrons. The molecule has 118 valence electrons. The summed E-state index contributed by atoms with van der Waals surface area (Å²) in [6.07, 6.45) is 0. The van der Waals surface area contributed by atoms with Gasteiger partial charge in [-0.1, -0.05) is 20.8 Å². The lowest BCUT2D eigenvalue weighted by Crippen LogP contribution is -2.44. The molecule has 0 aliphatic rings. The quantitative estimate of drug-likeness (QED) is 0.669. The number of carbonyl (C=O) groups is 2. The van der Waals surface area contributed by atoms with Gasteiger partial charge in [-0.3, -0.25) is 9.59 Å². The van der Waals surface area contributed by atoms with Crippen LogP contribution in [0.2, 0.25) is 0 Å². The Kier molecular flexibility index (Phi) is 5.96. The van der Waals surface area contributed by atoms with E-state index in [4.69, 9.17) is 4.74 Å². The van der Waals surface area contributed by atoms with Crippen molar-refractivity contribution in [2.45, 2.75) is 47.6 Å². The second-order valence-corrected chi connectivity index (χ2v) is 7.55. The van der Waals surface area contributed by atoms with Crippen LogP contribution in [0.4, 0.5) is 0 Å². The molecule has 21 heavy (non-hydrogen) atoms. The summed E-state index contributed by atoms with van der Waals surface area (Å²) in [7, 11) is 0. The van der Waals surface area contributed by atoms with Crippen LogP contribution in [0.25, 0.3) is 0 Å². The fraction of sp³-hybridized carbons (Fsp3) is 0.625. The molecule has 0 aliphatic carbocycles. The van der Waals surface area contributed by atoms with Crippen molar-refractivity contribution in [1.82, 2.24) is 5.32 Å². The molecule has 5 heteroatoms. The molecule has 1 rings (SSSR count). The Balaban J connectivity index is 2.84. The number of hydrogen-bond acceptors (Lipinski definition) is 4. The molecule has 1 aromatic heterocycles. The highest BCUT2D eigenvalue weighted by molar-refractivity contribution is 7.12. The first kappa shape index (κ1) is 17.7. The van der Waals surface area contributed by atoms with Crippen LogP contribution in [-0.2, 0) is 14.3 Å². The Morgan fingerprint density at radius 1 is 1.33 bits per heavy atom. The van der Waals surface area contributed by atoms with E-state index in [1.165, 1.54) is 4.88 Å². The lowest BCUT2D eigenvalue weighted by molar-refractivity contribution is -0.156. The maximum Gasteiger partial charge on any atom is 0.319 e. The molecule has 0 saturated carbocycles. The summed E-state index contributed by atoms with van der Waals surface area (Å²) in [6, 6.07) is 3.91. The Morgan fingerprint density at radius 3 is 2.38 bits per heavy atom. The van der Waals surface area contributed by atoms with Gasteiger partial charge in [0.05, 0.1) is 12.6 Å². The minimum atomic E-state index is -0.805. The van der Waals surface area contributed by atoms with Gasteiger partial charge in [-0.2, -0.15) is 0 Å². The maximum atomic E-state index is 12.5. The second-order valence-electron chi connectivity index (χ2n) is 6.23. The number of hydrogen-bond donors (Lipinski definition) is 1. The molecule has 1 amide bonds. The van der Waals surface area contributed by atoms with Crippen molar-refractivity contribution in [3.05, 3.63) is 21.9 Å². The van der Waals surface area contributed by atoms with E-state index in [9.17, 15) is 9.59 Å². The topological polar surface area (TPSA) is 55.4 Å². The summed E-state index contributed by atoms with van der Waals surface area (Å²) in [4.78, 5) is 26.8. The van der Waals surface area contributed by atoms with E-state index in [2.05, 4.69) is 5.32 Å². The summed E-state index contributed by atoms with van der Waals surface area (Å²) >= 11 is 1.64. The lowest BCUT2D eigenvalue weighted by atomic mass is 9.80. The van der Waals surface area contributed by atoms with Gasteiger partial charge in [-0.25, -0.2) is 0 Å². The SMILES string of the molecule is CCOC(=O)C(C(=O)NC(C)c1ccc(C)s1)C(C)(C)C. The summed E-state index contributed by atoms with van der Waals surface area (Å²) in [5.74, 6) is -1.54. The van der Waals surface area contributed by atoms with E-state index in [-0.39, 0.29) is 18.6 Å². The smallest absolute Gasteiger partial charge is 0.319 e. The molecule has 2 atom stereocenters. The number of nitrogens with one attached hydrogen (secondary N) is 1. The molecular weight excluding hydrogens is 286 g/mol. The molecule has 0 bridgehead atoms. The molecule has 0 aliphatic heterocycles. The average molecular weight is 311 g/mol. The largest absolute Gasteiger partial charge is 0.465 e. The highest BCUT2D eigenvalue weighted by atomic mass is 32.1. The minimum Gasteiger partial charge on any atom is -0.465 e.